The van der Waals surface area contributed by atoms with E-state index >= 15 is 0 Å². The van der Waals surface area contributed by atoms with Crippen LogP contribution in [-0.2, 0) is 11.2 Å². The molecule has 2 heterocycles. The van der Waals surface area contributed by atoms with Crippen molar-refractivity contribution in [3.05, 3.63) is 64.4 Å². The quantitative estimate of drug-likeness (QED) is 0.697. The van der Waals surface area contributed by atoms with Gasteiger partial charge >= 0.3 is 0 Å². The normalized spacial score (nSPS) is 11.8. The molecule has 7 heteroatoms. The highest BCUT2D eigenvalue weighted by molar-refractivity contribution is 7.15. The lowest BCUT2D eigenvalue weighted by Crippen LogP contribution is -2.37. The SMILES string of the molecule is Cc1cc(C)nc(N[C@@H](Cc2ccccc2)C(=O)Nc2ncc(C)s2)n1. The summed E-state index contributed by atoms with van der Waals surface area (Å²) in [6.45, 7) is 5.77. The minimum Gasteiger partial charge on any atom is -0.342 e. The third kappa shape index (κ3) is 4.86. The molecule has 26 heavy (non-hydrogen) atoms. The molecule has 0 spiro atoms. The Balaban J connectivity index is 1.81. The van der Waals surface area contributed by atoms with Crippen molar-refractivity contribution in [1.82, 2.24) is 15.0 Å². The van der Waals surface area contributed by atoms with Crippen molar-refractivity contribution in [2.24, 2.45) is 0 Å². The van der Waals surface area contributed by atoms with Gasteiger partial charge in [0.05, 0.1) is 0 Å². The Morgan fingerprint density at radius 1 is 1.12 bits per heavy atom. The van der Waals surface area contributed by atoms with Gasteiger partial charge in [-0.15, -0.1) is 11.3 Å². The summed E-state index contributed by atoms with van der Waals surface area (Å²) in [6, 6.07) is 11.3. The molecule has 1 atom stereocenters. The summed E-state index contributed by atoms with van der Waals surface area (Å²) in [6.07, 6.45) is 2.26. The number of thiazole rings is 1. The van der Waals surface area contributed by atoms with E-state index in [1.165, 1.54) is 11.3 Å². The van der Waals surface area contributed by atoms with Crippen molar-refractivity contribution in [3.63, 3.8) is 0 Å². The summed E-state index contributed by atoms with van der Waals surface area (Å²) in [5.74, 6) is 0.292. The molecule has 0 aliphatic heterocycles. The van der Waals surface area contributed by atoms with Gasteiger partial charge in [-0.3, -0.25) is 4.79 Å². The standard InChI is InChI=1S/C19H21N5OS/c1-12-9-13(2)22-18(21-12)23-16(10-15-7-5-4-6-8-15)17(25)24-19-20-11-14(3)26-19/h4-9,11,16H,10H2,1-3H3,(H,20,24,25)(H,21,22,23)/t16-/m0/s1. The number of benzene rings is 1. The zero-order valence-corrected chi connectivity index (χ0v) is 15.8. The number of nitrogens with zero attached hydrogens (tertiary/aromatic N) is 3. The lowest BCUT2D eigenvalue weighted by molar-refractivity contribution is -0.116. The van der Waals surface area contributed by atoms with E-state index in [2.05, 4.69) is 25.6 Å². The Labute approximate surface area is 156 Å². The second-order valence-electron chi connectivity index (χ2n) is 6.13. The van der Waals surface area contributed by atoms with Crippen LogP contribution in [0.4, 0.5) is 11.1 Å². The number of amides is 1. The van der Waals surface area contributed by atoms with Crippen molar-refractivity contribution in [1.29, 1.82) is 0 Å². The maximum Gasteiger partial charge on any atom is 0.249 e. The summed E-state index contributed by atoms with van der Waals surface area (Å²) in [7, 11) is 0. The van der Waals surface area contributed by atoms with Gasteiger partial charge in [0.25, 0.3) is 0 Å². The molecule has 0 saturated heterocycles. The third-order valence-electron chi connectivity index (χ3n) is 3.74. The Morgan fingerprint density at radius 3 is 2.42 bits per heavy atom. The minimum absolute atomic E-state index is 0.161. The maximum atomic E-state index is 12.8. The molecule has 6 nitrogen and oxygen atoms in total. The lowest BCUT2D eigenvalue weighted by atomic mass is 10.1. The van der Waals surface area contributed by atoms with Gasteiger partial charge in [0.15, 0.2) is 5.13 Å². The molecule has 0 bridgehead atoms. The summed E-state index contributed by atoms with van der Waals surface area (Å²) in [5, 5.41) is 6.65. The van der Waals surface area contributed by atoms with Gasteiger partial charge < -0.3 is 10.6 Å². The first-order valence-corrected chi connectivity index (χ1v) is 9.17. The molecule has 0 fully saturated rings. The number of aromatic nitrogens is 3. The number of rotatable bonds is 6. The van der Waals surface area contributed by atoms with Crippen molar-refractivity contribution >= 4 is 28.3 Å². The Hall–Kier alpha value is -2.80. The van der Waals surface area contributed by atoms with Gasteiger partial charge in [0.2, 0.25) is 11.9 Å². The van der Waals surface area contributed by atoms with E-state index in [0.29, 0.717) is 17.5 Å². The first-order chi connectivity index (χ1) is 12.5. The average Bonchev–Trinajstić information content (AvgIpc) is 2.99. The predicted molar refractivity (Wildman–Crippen MR) is 105 cm³/mol. The summed E-state index contributed by atoms with van der Waals surface area (Å²) < 4.78 is 0. The van der Waals surface area contributed by atoms with Gasteiger partial charge in [0, 0.05) is 28.9 Å². The topological polar surface area (TPSA) is 79.8 Å². The van der Waals surface area contributed by atoms with Crippen molar-refractivity contribution in [3.8, 4) is 0 Å². The third-order valence-corrected chi connectivity index (χ3v) is 4.56. The van der Waals surface area contributed by atoms with Crippen LogP contribution in [0, 0.1) is 20.8 Å². The second kappa shape index (κ2) is 8.05. The number of carbonyl (C=O) groups excluding carboxylic acids is 1. The van der Waals surface area contributed by atoms with Crippen LogP contribution in [0.15, 0.2) is 42.6 Å². The van der Waals surface area contributed by atoms with Crippen molar-refractivity contribution < 1.29 is 4.79 Å². The Kier molecular flexibility index (Phi) is 5.58. The zero-order chi connectivity index (χ0) is 18.5. The van der Waals surface area contributed by atoms with Gasteiger partial charge in [-0.05, 0) is 32.4 Å². The number of aryl methyl sites for hydroxylation is 3. The van der Waals surface area contributed by atoms with Crippen LogP contribution in [0.2, 0.25) is 0 Å². The van der Waals surface area contributed by atoms with E-state index in [4.69, 9.17) is 0 Å². The van der Waals surface area contributed by atoms with Crippen molar-refractivity contribution in [2.75, 3.05) is 10.6 Å². The largest absolute Gasteiger partial charge is 0.342 e. The fraction of sp³-hybridized carbons (Fsp3) is 0.263. The molecule has 134 valence electrons. The highest BCUT2D eigenvalue weighted by Crippen LogP contribution is 2.18. The van der Waals surface area contributed by atoms with Gasteiger partial charge in [-0.1, -0.05) is 30.3 Å². The summed E-state index contributed by atoms with van der Waals surface area (Å²) in [5.41, 5.74) is 2.77. The monoisotopic (exact) mass is 367 g/mol. The highest BCUT2D eigenvalue weighted by atomic mass is 32.1. The molecular weight excluding hydrogens is 346 g/mol. The fourth-order valence-corrected chi connectivity index (χ4v) is 3.28. The molecule has 0 unspecified atom stereocenters. The van der Waals surface area contributed by atoms with Crippen LogP contribution < -0.4 is 10.6 Å². The van der Waals surface area contributed by atoms with Gasteiger partial charge in [-0.2, -0.15) is 0 Å². The molecule has 2 N–H and O–H groups in total. The van der Waals surface area contributed by atoms with E-state index in [1.807, 2.05) is 57.2 Å². The molecule has 0 radical (unpaired) electrons. The van der Waals surface area contributed by atoms with E-state index in [-0.39, 0.29) is 5.91 Å². The molecule has 0 saturated carbocycles. The van der Waals surface area contributed by atoms with Crippen molar-refractivity contribution in [2.45, 2.75) is 33.2 Å². The zero-order valence-electron chi connectivity index (χ0n) is 15.0. The van der Waals surface area contributed by atoms with Crippen LogP contribution >= 0.6 is 11.3 Å². The van der Waals surface area contributed by atoms with Gasteiger partial charge in [0.1, 0.15) is 6.04 Å². The Bertz CT molecular complexity index is 874. The van der Waals surface area contributed by atoms with E-state index in [1.54, 1.807) is 6.20 Å². The van der Waals surface area contributed by atoms with Crippen LogP contribution in [0.25, 0.3) is 0 Å². The molecule has 1 aromatic carbocycles. The number of hydrogen-bond donors (Lipinski definition) is 2. The lowest BCUT2D eigenvalue weighted by Gasteiger charge is -2.18. The predicted octanol–water partition coefficient (Wildman–Crippen LogP) is 3.52. The molecular formula is C19H21N5OS. The van der Waals surface area contributed by atoms with E-state index < -0.39 is 6.04 Å². The van der Waals surface area contributed by atoms with E-state index in [9.17, 15) is 4.79 Å². The number of nitrogens with one attached hydrogen (secondary N) is 2. The first-order valence-electron chi connectivity index (χ1n) is 8.35. The highest BCUT2D eigenvalue weighted by Gasteiger charge is 2.21. The van der Waals surface area contributed by atoms with Crippen LogP contribution in [0.5, 0.6) is 0 Å². The van der Waals surface area contributed by atoms with Gasteiger partial charge in [-0.25, -0.2) is 15.0 Å². The molecule has 0 aliphatic rings. The summed E-state index contributed by atoms with van der Waals surface area (Å²) >= 11 is 1.45. The average molecular weight is 367 g/mol. The van der Waals surface area contributed by atoms with Crippen LogP contribution in [-0.4, -0.2) is 26.9 Å². The summed E-state index contributed by atoms with van der Waals surface area (Å²) in [4.78, 5) is 26.9. The molecule has 3 aromatic rings. The van der Waals surface area contributed by atoms with Crippen LogP contribution in [0.1, 0.15) is 21.8 Å². The maximum absolute atomic E-state index is 12.8. The van der Waals surface area contributed by atoms with E-state index in [0.717, 1.165) is 21.8 Å². The number of anilines is 2. The molecule has 3 rings (SSSR count). The second-order valence-corrected chi connectivity index (χ2v) is 7.36. The molecule has 2 aromatic heterocycles. The van der Waals surface area contributed by atoms with Crippen LogP contribution in [0.3, 0.4) is 0 Å². The molecule has 1 amide bonds. The Morgan fingerprint density at radius 2 is 1.81 bits per heavy atom. The number of hydrogen-bond acceptors (Lipinski definition) is 6. The first kappa shape index (κ1) is 18.0. The molecule has 0 aliphatic carbocycles. The number of carbonyl (C=O) groups is 1. The smallest absolute Gasteiger partial charge is 0.249 e. The fourth-order valence-electron chi connectivity index (χ4n) is 2.61. The minimum atomic E-state index is -0.511.